The molecule has 0 unspecified atom stereocenters. The largest absolute Gasteiger partial charge is 0.496 e. The van der Waals surface area contributed by atoms with Crippen molar-refractivity contribution in [3.05, 3.63) is 27.7 Å². The fourth-order valence-corrected chi connectivity index (χ4v) is 1.95. The van der Waals surface area contributed by atoms with Crippen molar-refractivity contribution in [2.45, 2.75) is 25.4 Å². The molecule has 0 atom stereocenters. The van der Waals surface area contributed by atoms with E-state index < -0.39 is 5.60 Å². The van der Waals surface area contributed by atoms with Crippen LogP contribution in [0.15, 0.2) is 16.6 Å². The maximum absolute atomic E-state index is 9.96. The zero-order valence-corrected chi connectivity index (χ0v) is 9.89. The normalized spacial score (nSPS) is 18.0. The van der Waals surface area contributed by atoms with E-state index in [-0.39, 0.29) is 0 Å². The molecule has 0 amide bonds. The van der Waals surface area contributed by atoms with Gasteiger partial charge in [-0.15, -0.1) is 0 Å². The second kappa shape index (κ2) is 3.24. The fourth-order valence-electron chi connectivity index (χ4n) is 1.56. The molecule has 0 aromatic heterocycles. The topological polar surface area (TPSA) is 29.5 Å². The summed E-state index contributed by atoms with van der Waals surface area (Å²) < 4.78 is 6.20. The average Bonchev–Trinajstić information content (AvgIpc) is 2.89. The van der Waals surface area contributed by atoms with E-state index in [9.17, 15) is 5.11 Å². The summed E-state index contributed by atoms with van der Waals surface area (Å²) in [5.74, 6) is 0.792. The van der Waals surface area contributed by atoms with Gasteiger partial charge in [-0.05, 0) is 52.9 Å². The molecule has 0 heterocycles. The summed E-state index contributed by atoms with van der Waals surface area (Å²) in [6.07, 6.45) is 1.72. The first kappa shape index (κ1) is 9.99. The molecule has 76 valence electrons. The number of rotatable bonds is 2. The molecule has 14 heavy (non-hydrogen) atoms. The Morgan fingerprint density at radius 3 is 2.57 bits per heavy atom. The van der Waals surface area contributed by atoms with Crippen LogP contribution in [0.4, 0.5) is 0 Å². The van der Waals surface area contributed by atoms with Gasteiger partial charge in [0.15, 0.2) is 0 Å². The van der Waals surface area contributed by atoms with E-state index >= 15 is 0 Å². The van der Waals surface area contributed by atoms with Gasteiger partial charge in [-0.1, -0.05) is 6.07 Å². The van der Waals surface area contributed by atoms with Crippen LogP contribution in [0.1, 0.15) is 24.0 Å². The Balaban J connectivity index is 2.48. The van der Waals surface area contributed by atoms with Crippen LogP contribution >= 0.6 is 15.9 Å². The lowest BCUT2D eigenvalue weighted by atomic mass is 10.0. The van der Waals surface area contributed by atoms with E-state index in [1.54, 1.807) is 7.11 Å². The average molecular weight is 257 g/mol. The molecule has 2 nitrogen and oxygen atoms in total. The molecule has 1 aliphatic carbocycles. The van der Waals surface area contributed by atoms with Gasteiger partial charge in [0.1, 0.15) is 5.75 Å². The summed E-state index contributed by atoms with van der Waals surface area (Å²) in [7, 11) is 1.64. The molecule has 1 aliphatic rings. The number of benzene rings is 1. The van der Waals surface area contributed by atoms with Crippen LogP contribution in [-0.4, -0.2) is 12.2 Å². The first-order valence-corrected chi connectivity index (χ1v) is 5.43. The maximum atomic E-state index is 9.96. The molecular formula is C11H13BrO2. The monoisotopic (exact) mass is 256 g/mol. The first-order chi connectivity index (χ1) is 6.57. The number of ether oxygens (including phenoxy) is 1. The molecule has 1 saturated carbocycles. The smallest absolute Gasteiger partial charge is 0.133 e. The first-order valence-electron chi connectivity index (χ1n) is 4.64. The summed E-state index contributed by atoms with van der Waals surface area (Å²) in [5, 5.41) is 9.96. The number of aliphatic hydroxyl groups is 1. The quantitative estimate of drug-likeness (QED) is 0.882. The van der Waals surface area contributed by atoms with Crippen molar-refractivity contribution in [2.24, 2.45) is 0 Å². The zero-order valence-electron chi connectivity index (χ0n) is 8.30. The van der Waals surface area contributed by atoms with Crippen LogP contribution in [0.25, 0.3) is 0 Å². The third-order valence-corrected chi connectivity index (χ3v) is 3.72. The van der Waals surface area contributed by atoms with Crippen LogP contribution in [0, 0.1) is 6.92 Å². The Hall–Kier alpha value is -0.540. The summed E-state index contributed by atoms with van der Waals surface area (Å²) in [6, 6.07) is 3.92. The Morgan fingerprint density at radius 2 is 2.07 bits per heavy atom. The molecule has 0 bridgehead atoms. The van der Waals surface area contributed by atoms with E-state index in [1.807, 2.05) is 19.1 Å². The predicted octanol–water partition coefficient (Wildman–Crippen LogP) is 2.75. The highest BCUT2D eigenvalue weighted by molar-refractivity contribution is 9.10. The molecule has 1 fully saturated rings. The third-order valence-electron chi connectivity index (χ3n) is 2.70. The lowest BCUT2D eigenvalue weighted by molar-refractivity contribution is 0.151. The van der Waals surface area contributed by atoms with Gasteiger partial charge in [-0.2, -0.15) is 0 Å². The molecule has 0 aliphatic heterocycles. The van der Waals surface area contributed by atoms with Crippen molar-refractivity contribution in [3.8, 4) is 5.75 Å². The van der Waals surface area contributed by atoms with Gasteiger partial charge in [0.25, 0.3) is 0 Å². The van der Waals surface area contributed by atoms with Crippen molar-refractivity contribution in [2.75, 3.05) is 7.11 Å². The zero-order chi connectivity index (χ0) is 10.3. The van der Waals surface area contributed by atoms with Crippen molar-refractivity contribution < 1.29 is 9.84 Å². The van der Waals surface area contributed by atoms with Crippen LogP contribution < -0.4 is 4.74 Å². The molecule has 1 aromatic carbocycles. The van der Waals surface area contributed by atoms with Crippen molar-refractivity contribution in [1.82, 2.24) is 0 Å². The van der Waals surface area contributed by atoms with Gasteiger partial charge < -0.3 is 9.84 Å². The number of methoxy groups -OCH3 is 1. The standard InChI is InChI=1S/C11H13BrO2/c1-7-5-8(11(13)3-4-11)6-9(14-2)10(7)12/h5-6,13H,3-4H2,1-2H3. The van der Waals surface area contributed by atoms with Crippen molar-refractivity contribution in [1.29, 1.82) is 0 Å². The fraction of sp³-hybridized carbons (Fsp3) is 0.455. The summed E-state index contributed by atoms with van der Waals surface area (Å²) in [4.78, 5) is 0. The minimum atomic E-state index is -0.585. The molecule has 0 spiro atoms. The van der Waals surface area contributed by atoms with Crippen LogP contribution in [-0.2, 0) is 5.60 Å². The minimum Gasteiger partial charge on any atom is -0.496 e. The van der Waals surface area contributed by atoms with Crippen molar-refractivity contribution in [3.63, 3.8) is 0 Å². The lowest BCUT2D eigenvalue weighted by Crippen LogP contribution is -2.05. The van der Waals surface area contributed by atoms with Gasteiger partial charge in [0.2, 0.25) is 0 Å². The summed E-state index contributed by atoms with van der Waals surface area (Å²) >= 11 is 3.46. The molecule has 1 N–H and O–H groups in total. The van der Waals surface area contributed by atoms with E-state index in [0.29, 0.717) is 0 Å². The van der Waals surface area contributed by atoms with Gasteiger partial charge >= 0.3 is 0 Å². The minimum absolute atomic E-state index is 0.585. The van der Waals surface area contributed by atoms with E-state index in [1.165, 1.54) is 0 Å². The van der Waals surface area contributed by atoms with E-state index in [4.69, 9.17) is 4.74 Å². The maximum Gasteiger partial charge on any atom is 0.133 e. The van der Waals surface area contributed by atoms with Gasteiger partial charge in [-0.25, -0.2) is 0 Å². The van der Waals surface area contributed by atoms with Crippen LogP contribution in [0.3, 0.4) is 0 Å². The highest BCUT2D eigenvalue weighted by Crippen LogP contribution is 2.47. The van der Waals surface area contributed by atoms with Crippen molar-refractivity contribution >= 4 is 15.9 Å². The Morgan fingerprint density at radius 1 is 1.43 bits per heavy atom. The SMILES string of the molecule is COc1cc(C2(O)CC2)cc(C)c1Br. The molecule has 1 aromatic rings. The summed E-state index contributed by atoms with van der Waals surface area (Å²) in [5.41, 5.74) is 1.48. The molecule has 0 radical (unpaired) electrons. The molecular weight excluding hydrogens is 244 g/mol. The molecule has 0 saturated heterocycles. The number of hydrogen-bond acceptors (Lipinski definition) is 2. The summed E-state index contributed by atoms with van der Waals surface area (Å²) in [6.45, 7) is 2.00. The van der Waals surface area contributed by atoms with Crippen LogP contribution in [0.2, 0.25) is 0 Å². The number of hydrogen-bond donors (Lipinski definition) is 1. The molecule has 3 heteroatoms. The highest BCUT2D eigenvalue weighted by Gasteiger charge is 2.42. The van der Waals surface area contributed by atoms with Gasteiger partial charge in [-0.3, -0.25) is 0 Å². The highest BCUT2D eigenvalue weighted by atomic mass is 79.9. The number of halogens is 1. The second-order valence-electron chi connectivity index (χ2n) is 3.84. The third kappa shape index (κ3) is 1.55. The van der Waals surface area contributed by atoms with Gasteiger partial charge in [0.05, 0.1) is 17.2 Å². The van der Waals surface area contributed by atoms with E-state index in [2.05, 4.69) is 15.9 Å². The Bertz CT molecular complexity index is 370. The number of aryl methyl sites for hydroxylation is 1. The Labute approximate surface area is 92.0 Å². The predicted molar refractivity (Wildman–Crippen MR) is 58.6 cm³/mol. The van der Waals surface area contributed by atoms with E-state index in [0.717, 1.165) is 34.2 Å². The lowest BCUT2D eigenvalue weighted by Gasteiger charge is -2.13. The second-order valence-corrected chi connectivity index (χ2v) is 4.63. The molecule has 2 rings (SSSR count). The Kier molecular flexibility index (Phi) is 2.32. The van der Waals surface area contributed by atoms with Crippen LogP contribution in [0.5, 0.6) is 5.75 Å². The van der Waals surface area contributed by atoms with Gasteiger partial charge in [0, 0.05) is 0 Å².